The van der Waals surface area contributed by atoms with E-state index in [1.807, 2.05) is 0 Å². The van der Waals surface area contributed by atoms with E-state index in [1.165, 1.54) is 6.20 Å². The number of hydrogen-bond donors (Lipinski definition) is 0. The molecule has 16 heavy (non-hydrogen) atoms. The van der Waals surface area contributed by atoms with Crippen LogP contribution in [-0.2, 0) is 4.74 Å². The van der Waals surface area contributed by atoms with Crippen LogP contribution in [0.2, 0.25) is 5.28 Å². The van der Waals surface area contributed by atoms with Crippen molar-refractivity contribution in [3.63, 3.8) is 0 Å². The molecule has 0 spiro atoms. The van der Waals surface area contributed by atoms with Gasteiger partial charge in [-0.15, -0.1) is 0 Å². The standard InChI is InChI=1S/C8H9ClN4O3/c9-8-10-2-1-6(11-8)12-3-4-16-5-7(12)13(14)15/h1-2,7H,3-5H2. The Morgan fingerprint density at radius 1 is 1.69 bits per heavy atom. The summed E-state index contributed by atoms with van der Waals surface area (Å²) >= 11 is 5.64. The van der Waals surface area contributed by atoms with E-state index in [0.717, 1.165) is 0 Å². The number of nitro groups is 1. The first-order valence-corrected chi connectivity index (χ1v) is 5.02. The highest BCUT2D eigenvalue weighted by Gasteiger charge is 2.33. The minimum atomic E-state index is -0.917. The molecule has 1 fully saturated rings. The van der Waals surface area contributed by atoms with Gasteiger partial charge in [0, 0.05) is 17.7 Å². The quantitative estimate of drug-likeness (QED) is 0.430. The summed E-state index contributed by atoms with van der Waals surface area (Å²) in [5.41, 5.74) is 0. The Balaban J connectivity index is 2.26. The van der Waals surface area contributed by atoms with Crippen molar-refractivity contribution >= 4 is 17.4 Å². The molecule has 1 aliphatic heterocycles. The molecular formula is C8H9ClN4O3. The van der Waals surface area contributed by atoms with Crippen molar-refractivity contribution in [3.05, 3.63) is 27.7 Å². The van der Waals surface area contributed by atoms with Crippen LogP contribution in [0.5, 0.6) is 0 Å². The summed E-state index contributed by atoms with van der Waals surface area (Å²) in [6.07, 6.45) is 0.552. The molecule has 0 amide bonds. The third-order valence-corrected chi connectivity index (χ3v) is 2.43. The maximum Gasteiger partial charge on any atom is 0.311 e. The van der Waals surface area contributed by atoms with E-state index in [2.05, 4.69) is 9.97 Å². The number of ether oxygens (including phenoxy) is 1. The molecule has 1 saturated heterocycles. The summed E-state index contributed by atoms with van der Waals surface area (Å²) in [5.74, 6) is 0.449. The molecule has 86 valence electrons. The molecule has 1 aromatic heterocycles. The van der Waals surface area contributed by atoms with Gasteiger partial charge in [0.25, 0.3) is 0 Å². The molecule has 1 aliphatic rings. The van der Waals surface area contributed by atoms with Crippen LogP contribution in [0.4, 0.5) is 5.82 Å². The Hall–Kier alpha value is -1.47. The van der Waals surface area contributed by atoms with Gasteiger partial charge in [0.15, 0.2) is 0 Å². The summed E-state index contributed by atoms with van der Waals surface area (Å²) in [6.45, 7) is 0.902. The van der Waals surface area contributed by atoms with Gasteiger partial charge >= 0.3 is 6.17 Å². The Bertz CT molecular complexity index is 403. The third-order valence-electron chi connectivity index (χ3n) is 2.25. The average molecular weight is 245 g/mol. The van der Waals surface area contributed by atoms with E-state index in [-0.39, 0.29) is 11.9 Å². The van der Waals surface area contributed by atoms with Crippen molar-refractivity contribution in [2.24, 2.45) is 0 Å². The van der Waals surface area contributed by atoms with Gasteiger partial charge in [-0.2, -0.15) is 0 Å². The van der Waals surface area contributed by atoms with Gasteiger partial charge in [-0.3, -0.25) is 15.0 Å². The molecule has 2 rings (SSSR count). The SMILES string of the molecule is O=[N+]([O-])C1COCCN1c1ccnc(Cl)n1. The molecular weight excluding hydrogens is 236 g/mol. The lowest BCUT2D eigenvalue weighted by Gasteiger charge is -2.30. The van der Waals surface area contributed by atoms with Gasteiger partial charge in [-0.1, -0.05) is 0 Å². The fourth-order valence-corrected chi connectivity index (χ4v) is 1.66. The van der Waals surface area contributed by atoms with Crippen molar-refractivity contribution in [2.45, 2.75) is 6.17 Å². The van der Waals surface area contributed by atoms with E-state index in [0.29, 0.717) is 19.0 Å². The minimum Gasteiger partial charge on any atom is -0.370 e. The lowest BCUT2D eigenvalue weighted by Crippen LogP contribution is -2.50. The molecule has 0 bridgehead atoms. The molecule has 0 saturated carbocycles. The summed E-state index contributed by atoms with van der Waals surface area (Å²) in [4.78, 5) is 19.7. The van der Waals surface area contributed by atoms with Crippen LogP contribution >= 0.6 is 11.6 Å². The van der Waals surface area contributed by atoms with Crippen LogP contribution in [0.15, 0.2) is 12.3 Å². The van der Waals surface area contributed by atoms with Crippen LogP contribution in [0.1, 0.15) is 0 Å². The lowest BCUT2D eigenvalue weighted by atomic mass is 10.3. The fraction of sp³-hybridized carbons (Fsp3) is 0.500. The van der Waals surface area contributed by atoms with Crippen molar-refractivity contribution in [3.8, 4) is 0 Å². The van der Waals surface area contributed by atoms with E-state index in [4.69, 9.17) is 16.3 Å². The van der Waals surface area contributed by atoms with Crippen LogP contribution in [0.3, 0.4) is 0 Å². The first-order valence-electron chi connectivity index (χ1n) is 4.65. The van der Waals surface area contributed by atoms with Gasteiger partial charge in [0.1, 0.15) is 12.4 Å². The van der Waals surface area contributed by atoms with Crippen LogP contribution in [0, 0.1) is 10.1 Å². The van der Waals surface area contributed by atoms with Gasteiger partial charge in [0.05, 0.1) is 6.61 Å². The highest BCUT2D eigenvalue weighted by molar-refractivity contribution is 6.28. The molecule has 0 aliphatic carbocycles. The van der Waals surface area contributed by atoms with Crippen molar-refractivity contribution < 1.29 is 9.66 Å². The second-order valence-electron chi connectivity index (χ2n) is 3.22. The smallest absolute Gasteiger partial charge is 0.311 e. The maximum absolute atomic E-state index is 10.8. The first kappa shape index (κ1) is 11.0. The zero-order valence-electron chi connectivity index (χ0n) is 8.24. The number of rotatable bonds is 2. The zero-order valence-corrected chi connectivity index (χ0v) is 9.00. The van der Waals surface area contributed by atoms with E-state index >= 15 is 0 Å². The van der Waals surface area contributed by atoms with Crippen molar-refractivity contribution in [2.75, 3.05) is 24.7 Å². The second-order valence-corrected chi connectivity index (χ2v) is 3.56. The van der Waals surface area contributed by atoms with E-state index in [9.17, 15) is 10.1 Å². The third kappa shape index (κ3) is 2.20. The summed E-state index contributed by atoms with van der Waals surface area (Å²) in [7, 11) is 0. The molecule has 2 heterocycles. The summed E-state index contributed by atoms with van der Waals surface area (Å²) in [5, 5.41) is 10.9. The Morgan fingerprint density at radius 3 is 3.19 bits per heavy atom. The minimum absolute atomic E-state index is 0.0502. The average Bonchev–Trinajstić information content (AvgIpc) is 2.29. The second kappa shape index (κ2) is 4.58. The van der Waals surface area contributed by atoms with Crippen LogP contribution in [0.25, 0.3) is 0 Å². The zero-order chi connectivity index (χ0) is 11.5. The molecule has 0 N–H and O–H groups in total. The van der Waals surface area contributed by atoms with Gasteiger partial charge in [0.2, 0.25) is 5.28 Å². The monoisotopic (exact) mass is 244 g/mol. The highest BCUT2D eigenvalue weighted by atomic mass is 35.5. The van der Waals surface area contributed by atoms with Crippen molar-refractivity contribution in [1.29, 1.82) is 0 Å². The predicted octanol–water partition coefficient (Wildman–Crippen LogP) is 0.569. The number of hydrogen-bond acceptors (Lipinski definition) is 6. The molecule has 0 aromatic carbocycles. The first-order chi connectivity index (χ1) is 7.68. The van der Waals surface area contributed by atoms with Crippen molar-refractivity contribution in [1.82, 2.24) is 9.97 Å². The molecule has 1 aromatic rings. The Morgan fingerprint density at radius 2 is 2.50 bits per heavy atom. The Kier molecular flexibility index (Phi) is 3.16. The summed E-state index contributed by atoms with van der Waals surface area (Å²) in [6, 6.07) is 1.59. The Labute approximate surface area is 96.2 Å². The lowest BCUT2D eigenvalue weighted by molar-refractivity contribution is -0.528. The van der Waals surface area contributed by atoms with Gasteiger partial charge < -0.3 is 4.74 Å². The number of aromatic nitrogens is 2. The van der Waals surface area contributed by atoms with Crippen LogP contribution < -0.4 is 4.90 Å². The normalized spacial score (nSPS) is 20.8. The number of anilines is 1. The molecule has 7 nitrogen and oxygen atoms in total. The molecule has 0 radical (unpaired) electrons. The number of nitrogens with zero attached hydrogens (tertiary/aromatic N) is 4. The topological polar surface area (TPSA) is 81.4 Å². The summed E-state index contributed by atoms with van der Waals surface area (Å²) < 4.78 is 5.07. The van der Waals surface area contributed by atoms with Gasteiger partial charge in [-0.05, 0) is 17.7 Å². The van der Waals surface area contributed by atoms with Gasteiger partial charge in [-0.25, -0.2) is 9.97 Å². The fourth-order valence-electron chi connectivity index (χ4n) is 1.52. The number of halogens is 1. The maximum atomic E-state index is 10.8. The molecule has 1 atom stereocenters. The number of morpholine rings is 1. The predicted molar refractivity (Wildman–Crippen MR) is 56.0 cm³/mol. The van der Waals surface area contributed by atoms with Crippen LogP contribution in [-0.4, -0.2) is 40.8 Å². The van der Waals surface area contributed by atoms with E-state index in [1.54, 1.807) is 11.0 Å². The highest BCUT2D eigenvalue weighted by Crippen LogP contribution is 2.18. The molecule has 8 heteroatoms. The van der Waals surface area contributed by atoms with E-state index < -0.39 is 11.1 Å². The molecule has 1 unspecified atom stereocenters. The largest absolute Gasteiger partial charge is 0.370 e.